The second-order valence-corrected chi connectivity index (χ2v) is 4.92. The van der Waals surface area contributed by atoms with Crippen LogP contribution in [0.4, 0.5) is 0 Å². The third-order valence-electron chi connectivity index (χ3n) is 3.70. The molecule has 1 unspecified atom stereocenters. The molecule has 0 bridgehead atoms. The van der Waals surface area contributed by atoms with Gasteiger partial charge in [-0.25, -0.2) is 0 Å². The lowest BCUT2D eigenvalue weighted by Gasteiger charge is -2.37. The van der Waals surface area contributed by atoms with Crippen LogP contribution in [-0.4, -0.2) is 59.9 Å². The molecule has 1 atom stereocenters. The standard InChI is InChI=1S/C13H20N2O4/c1-2-19-13(18)6-5-11(16)14-7-8-15-10(9-14)3-4-12(15)17/h10H,2-9H2,1H3. The van der Waals surface area contributed by atoms with Crippen molar-refractivity contribution in [3.05, 3.63) is 0 Å². The highest BCUT2D eigenvalue weighted by Crippen LogP contribution is 2.23. The summed E-state index contributed by atoms with van der Waals surface area (Å²) < 4.78 is 4.80. The average Bonchev–Trinajstić information content (AvgIpc) is 2.77. The molecule has 0 N–H and O–H groups in total. The Morgan fingerprint density at radius 2 is 2.11 bits per heavy atom. The number of carbonyl (C=O) groups is 3. The zero-order chi connectivity index (χ0) is 13.8. The van der Waals surface area contributed by atoms with Gasteiger partial charge in [-0.2, -0.15) is 0 Å². The zero-order valence-electron chi connectivity index (χ0n) is 11.3. The van der Waals surface area contributed by atoms with E-state index in [9.17, 15) is 14.4 Å². The molecule has 0 radical (unpaired) electrons. The van der Waals surface area contributed by atoms with Crippen LogP contribution in [-0.2, 0) is 19.1 Å². The topological polar surface area (TPSA) is 66.9 Å². The molecular formula is C13H20N2O4. The summed E-state index contributed by atoms with van der Waals surface area (Å²) >= 11 is 0. The second-order valence-electron chi connectivity index (χ2n) is 4.92. The van der Waals surface area contributed by atoms with Crippen LogP contribution in [0, 0.1) is 0 Å². The lowest BCUT2D eigenvalue weighted by Crippen LogP contribution is -2.53. The summed E-state index contributed by atoms with van der Waals surface area (Å²) in [5, 5.41) is 0. The monoisotopic (exact) mass is 268 g/mol. The molecule has 0 aliphatic carbocycles. The number of nitrogens with zero attached hydrogens (tertiary/aromatic N) is 2. The number of piperazine rings is 1. The van der Waals surface area contributed by atoms with Gasteiger partial charge in [-0.1, -0.05) is 0 Å². The SMILES string of the molecule is CCOC(=O)CCC(=O)N1CCN2C(=O)CCC2C1. The van der Waals surface area contributed by atoms with Crippen molar-refractivity contribution in [3.63, 3.8) is 0 Å². The fourth-order valence-electron chi connectivity index (χ4n) is 2.69. The molecule has 19 heavy (non-hydrogen) atoms. The van der Waals surface area contributed by atoms with E-state index in [1.807, 2.05) is 4.90 Å². The lowest BCUT2D eigenvalue weighted by atomic mass is 10.1. The Labute approximate surface area is 112 Å². The third-order valence-corrected chi connectivity index (χ3v) is 3.70. The predicted octanol–water partition coefficient (Wildman–Crippen LogP) is 0.163. The van der Waals surface area contributed by atoms with E-state index in [0.29, 0.717) is 32.7 Å². The van der Waals surface area contributed by atoms with Crippen molar-refractivity contribution in [2.75, 3.05) is 26.2 Å². The molecule has 0 spiro atoms. The van der Waals surface area contributed by atoms with Crippen molar-refractivity contribution in [2.24, 2.45) is 0 Å². The molecule has 6 heteroatoms. The first-order valence-corrected chi connectivity index (χ1v) is 6.84. The van der Waals surface area contributed by atoms with Gasteiger partial charge in [0, 0.05) is 38.5 Å². The van der Waals surface area contributed by atoms with E-state index in [1.165, 1.54) is 0 Å². The number of carbonyl (C=O) groups excluding carboxylic acids is 3. The van der Waals surface area contributed by atoms with Crippen molar-refractivity contribution in [1.82, 2.24) is 9.80 Å². The summed E-state index contributed by atoms with van der Waals surface area (Å²) in [4.78, 5) is 38.4. The summed E-state index contributed by atoms with van der Waals surface area (Å²) in [7, 11) is 0. The van der Waals surface area contributed by atoms with Gasteiger partial charge in [-0.05, 0) is 13.3 Å². The third kappa shape index (κ3) is 3.24. The fourth-order valence-corrected chi connectivity index (χ4v) is 2.69. The van der Waals surface area contributed by atoms with Crippen molar-refractivity contribution in [2.45, 2.75) is 38.6 Å². The van der Waals surface area contributed by atoms with Gasteiger partial charge in [0.05, 0.1) is 13.0 Å². The van der Waals surface area contributed by atoms with E-state index in [2.05, 4.69) is 0 Å². The van der Waals surface area contributed by atoms with Crippen molar-refractivity contribution in [3.8, 4) is 0 Å². The summed E-state index contributed by atoms with van der Waals surface area (Å²) in [6, 6.07) is 0.174. The van der Waals surface area contributed by atoms with Crippen LogP contribution in [0.15, 0.2) is 0 Å². The first kappa shape index (κ1) is 13.8. The van der Waals surface area contributed by atoms with Crippen molar-refractivity contribution < 1.29 is 19.1 Å². The fraction of sp³-hybridized carbons (Fsp3) is 0.769. The molecule has 2 heterocycles. The highest BCUT2D eigenvalue weighted by molar-refractivity contribution is 5.82. The first-order chi connectivity index (χ1) is 9.11. The molecule has 6 nitrogen and oxygen atoms in total. The van der Waals surface area contributed by atoms with Gasteiger partial charge < -0.3 is 14.5 Å². The number of rotatable bonds is 4. The van der Waals surface area contributed by atoms with E-state index in [0.717, 1.165) is 6.42 Å². The van der Waals surface area contributed by atoms with E-state index >= 15 is 0 Å². The molecule has 2 amide bonds. The molecule has 2 saturated heterocycles. The summed E-state index contributed by atoms with van der Waals surface area (Å²) in [5.41, 5.74) is 0. The molecule has 2 rings (SSSR count). The summed E-state index contributed by atoms with van der Waals surface area (Å²) in [6.07, 6.45) is 1.76. The summed E-state index contributed by atoms with van der Waals surface area (Å²) in [6.45, 7) is 3.89. The molecule has 0 aromatic carbocycles. The smallest absolute Gasteiger partial charge is 0.306 e. The first-order valence-electron chi connectivity index (χ1n) is 6.84. The van der Waals surface area contributed by atoms with Gasteiger partial charge in [0.1, 0.15) is 0 Å². The Kier molecular flexibility index (Phi) is 4.39. The molecule has 0 aromatic heterocycles. The van der Waals surface area contributed by atoms with Crippen molar-refractivity contribution >= 4 is 17.8 Å². The van der Waals surface area contributed by atoms with Gasteiger partial charge in [-0.3, -0.25) is 14.4 Å². The molecule has 0 aromatic rings. The highest BCUT2D eigenvalue weighted by Gasteiger charge is 2.36. The minimum absolute atomic E-state index is 0.0212. The number of hydrogen-bond donors (Lipinski definition) is 0. The number of esters is 1. The van der Waals surface area contributed by atoms with Gasteiger partial charge in [-0.15, -0.1) is 0 Å². The minimum atomic E-state index is -0.328. The average molecular weight is 268 g/mol. The Bertz CT molecular complexity index is 383. The number of ether oxygens (including phenoxy) is 1. The molecule has 2 aliphatic heterocycles. The number of fused-ring (bicyclic) bond motifs is 1. The largest absolute Gasteiger partial charge is 0.466 e. The minimum Gasteiger partial charge on any atom is -0.466 e. The molecular weight excluding hydrogens is 248 g/mol. The maximum atomic E-state index is 12.0. The number of hydrogen-bond acceptors (Lipinski definition) is 4. The number of amides is 2. The maximum Gasteiger partial charge on any atom is 0.306 e. The van der Waals surface area contributed by atoms with Gasteiger partial charge in [0.25, 0.3) is 0 Å². The Balaban J connectivity index is 1.78. The Morgan fingerprint density at radius 1 is 1.32 bits per heavy atom. The van der Waals surface area contributed by atoms with Gasteiger partial charge in [0.2, 0.25) is 11.8 Å². The van der Waals surface area contributed by atoms with E-state index in [4.69, 9.17) is 4.74 Å². The van der Waals surface area contributed by atoms with Crippen LogP contribution in [0.5, 0.6) is 0 Å². The molecule has 106 valence electrons. The van der Waals surface area contributed by atoms with E-state index in [1.54, 1.807) is 11.8 Å². The van der Waals surface area contributed by atoms with Gasteiger partial charge >= 0.3 is 5.97 Å². The Hall–Kier alpha value is -1.59. The van der Waals surface area contributed by atoms with Gasteiger partial charge in [0.15, 0.2) is 0 Å². The van der Waals surface area contributed by atoms with Crippen LogP contribution < -0.4 is 0 Å². The van der Waals surface area contributed by atoms with Crippen LogP contribution in [0.1, 0.15) is 32.6 Å². The Morgan fingerprint density at radius 3 is 2.84 bits per heavy atom. The van der Waals surface area contributed by atoms with E-state index in [-0.39, 0.29) is 36.7 Å². The van der Waals surface area contributed by atoms with Crippen LogP contribution in [0.25, 0.3) is 0 Å². The van der Waals surface area contributed by atoms with Crippen LogP contribution >= 0.6 is 0 Å². The molecule has 0 saturated carbocycles. The van der Waals surface area contributed by atoms with Crippen LogP contribution in [0.2, 0.25) is 0 Å². The molecule has 2 aliphatic rings. The van der Waals surface area contributed by atoms with Crippen molar-refractivity contribution in [1.29, 1.82) is 0 Å². The summed E-state index contributed by atoms with van der Waals surface area (Å²) in [5.74, 6) is -0.152. The highest BCUT2D eigenvalue weighted by atomic mass is 16.5. The lowest BCUT2D eigenvalue weighted by molar-refractivity contribution is -0.146. The molecule has 2 fully saturated rings. The van der Waals surface area contributed by atoms with Crippen LogP contribution in [0.3, 0.4) is 0 Å². The zero-order valence-corrected chi connectivity index (χ0v) is 11.3. The van der Waals surface area contributed by atoms with E-state index < -0.39 is 0 Å². The second kappa shape index (κ2) is 6.04. The maximum absolute atomic E-state index is 12.0. The predicted molar refractivity (Wildman–Crippen MR) is 67.2 cm³/mol. The normalized spacial score (nSPS) is 22.4. The quantitative estimate of drug-likeness (QED) is 0.681.